The van der Waals surface area contributed by atoms with Gasteiger partial charge in [-0.2, -0.15) is 4.72 Å². The first-order valence-electron chi connectivity index (χ1n) is 8.69. The van der Waals surface area contributed by atoms with Crippen molar-refractivity contribution >= 4 is 39.2 Å². The van der Waals surface area contributed by atoms with E-state index in [1.807, 2.05) is 4.72 Å². The molecule has 11 heteroatoms. The number of hydrogen-bond donors (Lipinski definition) is 3. The van der Waals surface area contributed by atoms with Crippen molar-refractivity contribution in [3.63, 3.8) is 0 Å². The second-order valence-corrected chi connectivity index (χ2v) is 7.87. The van der Waals surface area contributed by atoms with Crippen molar-refractivity contribution in [1.82, 2.24) is 4.72 Å². The summed E-state index contributed by atoms with van der Waals surface area (Å²) in [6.45, 7) is 1.92. The third-order valence-corrected chi connectivity index (χ3v) is 5.22. The minimum absolute atomic E-state index is 0.238. The molecule has 0 fully saturated rings. The van der Waals surface area contributed by atoms with Gasteiger partial charge in [-0.15, -0.1) is 0 Å². The summed E-state index contributed by atoms with van der Waals surface area (Å²) in [5.74, 6) is -2.86. The van der Waals surface area contributed by atoms with Gasteiger partial charge >= 0.3 is 5.97 Å². The molecule has 30 heavy (non-hydrogen) atoms. The van der Waals surface area contributed by atoms with E-state index in [2.05, 4.69) is 10.6 Å². The molecule has 0 heterocycles. The Bertz CT molecular complexity index is 1040. The van der Waals surface area contributed by atoms with Crippen molar-refractivity contribution in [2.75, 3.05) is 17.2 Å². The Morgan fingerprint density at radius 3 is 2.13 bits per heavy atom. The summed E-state index contributed by atoms with van der Waals surface area (Å²) in [5.41, 5.74) is 0.946. The number of anilines is 2. The summed E-state index contributed by atoms with van der Waals surface area (Å²) in [5, 5.41) is 5.05. The standard InChI is InChI=1S/C19H20FN3O6S/c1-12(23-30(27,28)17-6-4-3-5-16(17)20)19(26)29-11-18(25)22-15-9-7-14(8-10-15)21-13(2)24/h3-10,12,23H,11H2,1-2H3,(H,21,24)(H,22,25)/t12-/m1/s1. The monoisotopic (exact) mass is 437 g/mol. The molecule has 0 aromatic heterocycles. The fourth-order valence-corrected chi connectivity index (χ4v) is 3.58. The fraction of sp³-hybridized carbons (Fsp3) is 0.211. The smallest absolute Gasteiger partial charge is 0.324 e. The maximum atomic E-state index is 13.7. The molecule has 0 aliphatic rings. The molecule has 1 atom stereocenters. The van der Waals surface area contributed by atoms with Crippen molar-refractivity contribution in [1.29, 1.82) is 0 Å². The fourth-order valence-electron chi connectivity index (χ4n) is 2.31. The number of rotatable bonds is 8. The van der Waals surface area contributed by atoms with E-state index in [4.69, 9.17) is 4.74 Å². The Hall–Kier alpha value is -3.31. The maximum Gasteiger partial charge on any atom is 0.324 e. The highest BCUT2D eigenvalue weighted by Crippen LogP contribution is 2.15. The third kappa shape index (κ3) is 6.64. The zero-order valence-corrected chi connectivity index (χ0v) is 17.0. The van der Waals surface area contributed by atoms with Gasteiger partial charge in [0.25, 0.3) is 5.91 Å². The Morgan fingerprint density at radius 1 is 1.00 bits per heavy atom. The third-order valence-electron chi connectivity index (χ3n) is 3.65. The van der Waals surface area contributed by atoms with Crippen molar-refractivity contribution < 1.29 is 31.9 Å². The van der Waals surface area contributed by atoms with Gasteiger partial charge in [0.2, 0.25) is 15.9 Å². The maximum absolute atomic E-state index is 13.7. The molecule has 0 bridgehead atoms. The number of hydrogen-bond acceptors (Lipinski definition) is 6. The van der Waals surface area contributed by atoms with E-state index in [-0.39, 0.29) is 5.91 Å². The summed E-state index contributed by atoms with van der Waals surface area (Å²) in [6, 6.07) is 9.58. The molecular formula is C19H20FN3O6S. The van der Waals surface area contributed by atoms with Gasteiger partial charge in [0.1, 0.15) is 16.8 Å². The second kappa shape index (κ2) is 9.94. The van der Waals surface area contributed by atoms with Gasteiger partial charge in [-0.25, -0.2) is 12.8 Å². The lowest BCUT2D eigenvalue weighted by molar-refractivity contribution is -0.148. The van der Waals surface area contributed by atoms with Gasteiger partial charge in [-0.1, -0.05) is 12.1 Å². The minimum Gasteiger partial charge on any atom is -0.454 e. The van der Waals surface area contributed by atoms with E-state index in [9.17, 15) is 27.2 Å². The van der Waals surface area contributed by atoms with Crippen LogP contribution >= 0.6 is 0 Å². The van der Waals surface area contributed by atoms with Gasteiger partial charge in [-0.05, 0) is 43.3 Å². The zero-order chi connectivity index (χ0) is 22.3. The Morgan fingerprint density at radius 2 is 1.57 bits per heavy atom. The molecule has 0 aliphatic carbocycles. The average molecular weight is 437 g/mol. The number of esters is 1. The van der Waals surface area contributed by atoms with Crippen LogP contribution < -0.4 is 15.4 Å². The minimum atomic E-state index is -4.29. The largest absolute Gasteiger partial charge is 0.454 e. The molecule has 0 aliphatic heterocycles. The quantitative estimate of drug-likeness (QED) is 0.538. The lowest BCUT2D eigenvalue weighted by atomic mass is 10.2. The lowest BCUT2D eigenvalue weighted by Gasteiger charge is -2.14. The number of carbonyl (C=O) groups is 3. The molecule has 160 valence electrons. The second-order valence-electron chi connectivity index (χ2n) is 6.19. The molecule has 0 spiro atoms. The van der Waals surface area contributed by atoms with Crippen molar-refractivity contribution in [3.05, 3.63) is 54.3 Å². The number of amides is 2. The van der Waals surface area contributed by atoms with Gasteiger partial charge < -0.3 is 15.4 Å². The van der Waals surface area contributed by atoms with Crippen molar-refractivity contribution in [2.45, 2.75) is 24.8 Å². The van der Waals surface area contributed by atoms with Crippen LogP contribution in [-0.4, -0.2) is 38.9 Å². The lowest BCUT2D eigenvalue weighted by Crippen LogP contribution is -2.40. The first-order valence-corrected chi connectivity index (χ1v) is 10.2. The molecule has 0 saturated carbocycles. The van der Waals surface area contributed by atoms with E-state index in [0.717, 1.165) is 12.1 Å². The first kappa shape index (κ1) is 23.0. The molecule has 0 unspecified atom stereocenters. The molecule has 3 N–H and O–H groups in total. The average Bonchev–Trinajstić information content (AvgIpc) is 2.67. The van der Waals surface area contributed by atoms with Crippen molar-refractivity contribution in [3.8, 4) is 0 Å². The predicted molar refractivity (Wildman–Crippen MR) is 107 cm³/mol. The molecule has 2 rings (SSSR count). The van der Waals surface area contributed by atoms with E-state index in [1.54, 1.807) is 12.1 Å². The van der Waals surface area contributed by atoms with E-state index in [0.29, 0.717) is 11.4 Å². The first-order chi connectivity index (χ1) is 14.1. The van der Waals surface area contributed by atoms with Crippen LogP contribution in [-0.2, 0) is 29.1 Å². The van der Waals surface area contributed by atoms with Crippen LogP contribution in [0.25, 0.3) is 0 Å². The predicted octanol–water partition coefficient (Wildman–Crippen LogP) is 1.63. The summed E-state index contributed by atoms with van der Waals surface area (Å²) < 4.78 is 44.8. The normalized spacial score (nSPS) is 12.0. The topological polar surface area (TPSA) is 131 Å². The van der Waals surface area contributed by atoms with Gasteiger partial charge in [0.15, 0.2) is 6.61 Å². The highest BCUT2D eigenvalue weighted by atomic mass is 32.2. The molecule has 2 amide bonds. The van der Waals surface area contributed by atoms with Crippen LogP contribution in [0.15, 0.2) is 53.4 Å². The highest BCUT2D eigenvalue weighted by molar-refractivity contribution is 7.89. The van der Waals surface area contributed by atoms with Gasteiger partial charge in [-0.3, -0.25) is 14.4 Å². The Balaban J connectivity index is 1.86. The van der Waals surface area contributed by atoms with Crippen LogP contribution in [0.4, 0.5) is 15.8 Å². The molecule has 0 saturated heterocycles. The number of sulfonamides is 1. The van der Waals surface area contributed by atoms with Crippen LogP contribution in [0.5, 0.6) is 0 Å². The van der Waals surface area contributed by atoms with E-state index in [1.165, 1.54) is 38.1 Å². The number of ether oxygens (including phenoxy) is 1. The molecule has 2 aromatic carbocycles. The van der Waals surface area contributed by atoms with Gasteiger partial charge in [0.05, 0.1) is 0 Å². The number of halogens is 1. The van der Waals surface area contributed by atoms with Gasteiger partial charge in [0, 0.05) is 18.3 Å². The molecular weight excluding hydrogens is 417 g/mol. The van der Waals surface area contributed by atoms with Crippen LogP contribution in [0.2, 0.25) is 0 Å². The number of nitrogens with one attached hydrogen (secondary N) is 3. The molecule has 0 radical (unpaired) electrons. The molecule has 9 nitrogen and oxygen atoms in total. The summed E-state index contributed by atoms with van der Waals surface area (Å²) >= 11 is 0. The highest BCUT2D eigenvalue weighted by Gasteiger charge is 2.25. The summed E-state index contributed by atoms with van der Waals surface area (Å²) in [7, 11) is -4.29. The Kier molecular flexibility index (Phi) is 7.61. The summed E-state index contributed by atoms with van der Waals surface area (Å²) in [4.78, 5) is 34.3. The number of benzene rings is 2. The number of carbonyl (C=O) groups excluding carboxylic acids is 3. The van der Waals surface area contributed by atoms with Crippen LogP contribution in [0.1, 0.15) is 13.8 Å². The molecule has 2 aromatic rings. The van der Waals surface area contributed by atoms with Crippen molar-refractivity contribution in [2.24, 2.45) is 0 Å². The van der Waals surface area contributed by atoms with Crippen LogP contribution in [0, 0.1) is 5.82 Å². The van der Waals surface area contributed by atoms with Crippen LogP contribution in [0.3, 0.4) is 0 Å². The van der Waals surface area contributed by atoms with E-state index < -0.39 is 45.3 Å². The Labute approximate surface area is 172 Å². The SMILES string of the molecule is CC(=O)Nc1ccc(NC(=O)COC(=O)[C@@H](C)NS(=O)(=O)c2ccccc2F)cc1. The van der Waals surface area contributed by atoms with E-state index >= 15 is 0 Å². The summed E-state index contributed by atoms with van der Waals surface area (Å²) in [6.07, 6.45) is 0. The zero-order valence-electron chi connectivity index (χ0n) is 16.1.